The number of aromatic nitrogens is 1. The molecule has 1 rings (SSSR count). The maximum absolute atomic E-state index is 8.89. The number of nitrogens with two attached hydrogens (primary N) is 1. The van der Waals surface area contributed by atoms with E-state index in [4.69, 9.17) is 16.0 Å². The molecule has 1 aromatic heterocycles. The van der Waals surface area contributed by atoms with Crippen LogP contribution in [0.5, 0.6) is 0 Å². The maximum Gasteiger partial charge on any atom is 0.188 e. The summed E-state index contributed by atoms with van der Waals surface area (Å²) in [4.78, 5) is 6.28. The average molecular weight is 252 g/mol. The smallest absolute Gasteiger partial charge is 0.188 e. The molecule has 0 aliphatic rings. The van der Waals surface area contributed by atoms with Gasteiger partial charge in [-0.15, -0.1) is 0 Å². The number of nitrogens with zero attached hydrogens (tertiary/aromatic N) is 3. The fraction of sp³-hybridized carbons (Fsp3) is 0.500. The van der Waals surface area contributed by atoms with Crippen LogP contribution in [0.25, 0.3) is 0 Å². The van der Waals surface area contributed by atoms with E-state index in [2.05, 4.69) is 28.9 Å². The van der Waals surface area contributed by atoms with E-state index in [-0.39, 0.29) is 12.4 Å². The highest BCUT2D eigenvalue weighted by molar-refractivity contribution is 5.95. The fourth-order valence-corrected chi connectivity index (χ4v) is 1.69. The third kappa shape index (κ3) is 3.59. The van der Waals surface area contributed by atoms with Crippen molar-refractivity contribution in [3.8, 4) is 0 Å². The minimum absolute atomic E-state index is 0.00648. The lowest BCUT2D eigenvalue weighted by atomic mass is 10.2. The van der Waals surface area contributed by atoms with Crippen molar-refractivity contribution in [1.82, 2.24) is 4.98 Å². The quantitative estimate of drug-likeness (QED) is 0.301. The molecule has 1 heterocycles. The van der Waals surface area contributed by atoms with Crippen LogP contribution in [0.3, 0.4) is 0 Å². The van der Waals surface area contributed by atoms with Crippen LogP contribution >= 0.6 is 0 Å². The van der Waals surface area contributed by atoms with Gasteiger partial charge in [-0.3, -0.25) is 4.98 Å². The van der Waals surface area contributed by atoms with Crippen LogP contribution in [0.1, 0.15) is 26.0 Å². The third-order valence-electron chi connectivity index (χ3n) is 2.63. The summed E-state index contributed by atoms with van der Waals surface area (Å²) in [5.74, 6) is -0.00648. The van der Waals surface area contributed by atoms with E-state index in [1.54, 1.807) is 12.3 Å². The highest BCUT2D eigenvalue weighted by atomic mass is 16.4. The molecule has 0 bridgehead atoms. The molecule has 1 aromatic rings. The van der Waals surface area contributed by atoms with Gasteiger partial charge in [0.1, 0.15) is 5.69 Å². The second-order valence-electron chi connectivity index (χ2n) is 4.25. The third-order valence-corrected chi connectivity index (χ3v) is 2.63. The number of hydrogen-bond acceptors (Lipinski definition) is 5. The van der Waals surface area contributed by atoms with Crippen molar-refractivity contribution >= 4 is 11.5 Å². The summed E-state index contributed by atoms with van der Waals surface area (Å²) in [5, 5.41) is 20.3. The Balaban J connectivity index is 2.86. The molecule has 0 amide bonds. The molecule has 4 N–H and O–H groups in total. The minimum Gasteiger partial charge on any atom is -0.409 e. The summed E-state index contributed by atoms with van der Waals surface area (Å²) < 4.78 is 0. The summed E-state index contributed by atoms with van der Waals surface area (Å²) in [6.07, 6.45) is 2.39. The van der Waals surface area contributed by atoms with Gasteiger partial charge in [0.15, 0.2) is 5.84 Å². The van der Waals surface area contributed by atoms with Crippen LogP contribution in [0.4, 0.5) is 5.69 Å². The van der Waals surface area contributed by atoms with Gasteiger partial charge in [0.05, 0.1) is 11.9 Å². The normalized spacial score (nSPS) is 11.9. The molecule has 0 atom stereocenters. The predicted molar refractivity (Wildman–Crippen MR) is 70.9 cm³/mol. The van der Waals surface area contributed by atoms with E-state index in [9.17, 15) is 0 Å². The standard InChI is InChI=1S/C12H20N4O2/c1-9(2)16(6-3-7-17)10-4-5-11(14-8-10)12(13)15-18/h4-5,8-9,17-18H,3,6-7H2,1-2H3,(H2,13,15). The Kier molecular flexibility index (Phi) is 5.38. The van der Waals surface area contributed by atoms with Crippen molar-refractivity contribution in [2.75, 3.05) is 18.1 Å². The van der Waals surface area contributed by atoms with Gasteiger partial charge in [0.2, 0.25) is 0 Å². The summed E-state index contributed by atoms with van der Waals surface area (Å²) in [5.41, 5.74) is 6.84. The van der Waals surface area contributed by atoms with Gasteiger partial charge in [0, 0.05) is 19.2 Å². The first kappa shape index (κ1) is 14.2. The van der Waals surface area contributed by atoms with E-state index in [0.717, 1.165) is 12.2 Å². The minimum atomic E-state index is -0.00648. The van der Waals surface area contributed by atoms with Gasteiger partial charge in [-0.1, -0.05) is 5.16 Å². The molecule has 18 heavy (non-hydrogen) atoms. The summed E-state index contributed by atoms with van der Waals surface area (Å²) >= 11 is 0. The van der Waals surface area contributed by atoms with Crippen molar-refractivity contribution in [2.45, 2.75) is 26.3 Å². The Hall–Kier alpha value is -1.82. The number of anilines is 1. The number of rotatable bonds is 6. The Labute approximate surface area is 107 Å². The molecule has 0 aliphatic heterocycles. The molecule has 0 saturated heterocycles. The predicted octanol–water partition coefficient (Wildman–Crippen LogP) is 0.773. The van der Waals surface area contributed by atoms with Crippen LogP contribution in [-0.4, -0.2) is 40.3 Å². The molecule has 0 spiro atoms. The Morgan fingerprint density at radius 2 is 2.22 bits per heavy atom. The number of aliphatic hydroxyl groups excluding tert-OH is 1. The summed E-state index contributed by atoms with van der Waals surface area (Å²) in [6, 6.07) is 3.89. The molecule has 6 nitrogen and oxygen atoms in total. The lowest BCUT2D eigenvalue weighted by molar-refractivity contribution is 0.288. The molecule has 0 unspecified atom stereocenters. The molecule has 100 valence electrons. The van der Waals surface area contributed by atoms with Gasteiger partial charge >= 0.3 is 0 Å². The van der Waals surface area contributed by atoms with Gasteiger partial charge < -0.3 is 20.9 Å². The van der Waals surface area contributed by atoms with E-state index in [1.165, 1.54) is 0 Å². The second-order valence-corrected chi connectivity index (χ2v) is 4.25. The summed E-state index contributed by atoms with van der Waals surface area (Å²) in [7, 11) is 0. The van der Waals surface area contributed by atoms with Crippen LogP contribution < -0.4 is 10.6 Å². The molecule has 0 saturated carbocycles. The van der Waals surface area contributed by atoms with Gasteiger partial charge in [-0.2, -0.15) is 0 Å². The average Bonchev–Trinajstić information content (AvgIpc) is 2.38. The first-order valence-electron chi connectivity index (χ1n) is 5.91. The van der Waals surface area contributed by atoms with Crippen LogP contribution in [-0.2, 0) is 0 Å². The van der Waals surface area contributed by atoms with Crippen molar-refractivity contribution in [3.05, 3.63) is 24.0 Å². The summed E-state index contributed by atoms with van der Waals surface area (Å²) in [6.45, 7) is 5.08. The number of pyridine rings is 1. The fourth-order valence-electron chi connectivity index (χ4n) is 1.69. The second kappa shape index (κ2) is 6.80. The number of aliphatic hydroxyl groups is 1. The maximum atomic E-state index is 8.89. The lowest BCUT2D eigenvalue weighted by Crippen LogP contribution is -2.32. The zero-order valence-corrected chi connectivity index (χ0v) is 10.7. The molecule has 0 radical (unpaired) electrons. The molecule has 6 heteroatoms. The van der Waals surface area contributed by atoms with E-state index in [1.807, 2.05) is 6.07 Å². The Morgan fingerprint density at radius 1 is 1.50 bits per heavy atom. The Morgan fingerprint density at radius 3 is 2.67 bits per heavy atom. The Bertz CT molecular complexity index is 390. The first-order valence-corrected chi connectivity index (χ1v) is 5.91. The van der Waals surface area contributed by atoms with E-state index in [0.29, 0.717) is 18.2 Å². The SMILES string of the molecule is CC(C)N(CCCO)c1ccc(/C(N)=N/O)nc1. The van der Waals surface area contributed by atoms with Crippen molar-refractivity contribution in [3.63, 3.8) is 0 Å². The monoisotopic (exact) mass is 252 g/mol. The number of amidine groups is 1. The van der Waals surface area contributed by atoms with E-state index < -0.39 is 0 Å². The largest absolute Gasteiger partial charge is 0.409 e. The molecular weight excluding hydrogens is 232 g/mol. The highest BCUT2D eigenvalue weighted by Crippen LogP contribution is 2.16. The number of oxime groups is 1. The topological polar surface area (TPSA) is 95.0 Å². The molecule has 0 fully saturated rings. The number of hydrogen-bond donors (Lipinski definition) is 3. The highest BCUT2D eigenvalue weighted by Gasteiger charge is 2.11. The molecule has 0 aliphatic carbocycles. The van der Waals surface area contributed by atoms with Gasteiger partial charge in [-0.05, 0) is 32.4 Å². The van der Waals surface area contributed by atoms with Gasteiger partial charge in [0.25, 0.3) is 0 Å². The van der Waals surface area contributed by atoms with Crippen LogP contribution in [0.2, 0.25) is 0 Å². The van der Waals surface area contributed by atoms with Gasteiger partial charge in [-0.25, -0.2) is 0 Å². The van der Waals surface area contributed by atoms with Crippen molar-refractivity contribution in [1.29, 1.82) is 0 Å². The molecule has 0 aromatic carbocycles. The first-order chi connectivity index (χ1) is 8.60. The van der Waals surface area contributed by atoms with Crippen molar-refractivity contribution < 1.29 is 10.3 Å². The van der Waals surface area contributed by atoms with Crippen LogP contribution in [0.15, 0.2) is 23.5 Å². The zero-order chi connectivity index (χ0) is 13.5. The van der Waals surface area contributed by atoms with E-state index >= 15 is 0 Å². The van der Waals surface area contributed by atoms with Crippen molar-refractivity contribution in [2.24, 2.45) is 10.9 Å². The molecular formula is C12H20N4O2. The van der Waals surface area contributed by atoms with Crippen LogP contribution in [0, 0.1) is 0 Å². The lowest BCUT2D eigenvalue weighted by Gasteiger charge is -2.28. The zero-order valence-electron chi connectivity index (χ0n) is 10.7.